The van der Waals surface area contributed by atoms with Crippen LogP contribution in [-0.4, -0.2) is 32.8 Å². The van der Waals surface area contributed by atoms with Crippen molar-refractivity contribution in [3.63, 3.8) is 0 Å². The first-order valence-electron chi connectivity index (χ1n) is 5.66. The molecule has 92 valence electrons. The second kappa shape index (κ2) is 3.87. The molecule has 0 aromatic carbocycles. The fourth-order valence-corrected chi connectivity index (χ4v) is 1.62. The number of H-pyrrole nitrogens is 1. The maximum Gasteiger partial charge on any atom is 0.224 e. The summed E-state index contributed by atoms with van der Waals surface area (Å²) in [6.07, 6.45) is 2.74. The molecule has 0 aliphatic carbocycles. The number of nitrogens with two attached hydrogens (primary N) is 1. The second-order valence-electron chi connectivity index (χ2n) is 4.76. The van der Waals surface area contributed by atoms with Gasteiger partial charge in [-0.05, 0) is 20.3 Å². The topological polar surface area (TPSA) is 83.7 Å². The number of nitrogens with zero attached hydrogens (tertiary/aromatic N) is 4. The Bertz CT molecular complexity index is 530. The molecule has 17 heavy (non-hydrogen) atoms. The highest BCUT2D eigenvalue weighted by atomic mass is 15.3. The van der Waals surface area contributed by atoms with Crippen LogP contribution in [0.25, 0.3) is 11.0 Å². The van der Waals surface area contributed by atoms with Gasteiger partial charge in [-0.2, -0.15) is 15.1 Å². The van der Waals surface area contributed by atoms with Gasteiger partial charge in [-0.25, -0.2) is 0 Å². The van der Waals surface area contributed by atoms with E-state index < -0.39 is 0 Å². The number of nitrogens with one attached hydrogen (secondary N) is 1. The summed E-state index contributed by atoms with van der Waals surface area (Å²) < 4.78 is 0. The zero-order chi connectivity index (χ0) is 12.6. The van der Waals surface area contributed by atoms with Crippen LogP contribution in [0.3, 0.4) is 0 Å². The van der Waals surface area contributed by atoms with Gasteiger partial charge in [0, 0.05) is 12.6 Å². The van der Waals surface area contributed by atoms with Gasteiger partial charge < -0.3 is 10.6 Å². The highest BCUT2D eigenvalue weighted by Crippen LogP contribution is 2.28. The van der Waals surface area contributed by atoms with Gasteiger partial charge in [-0.1, -0.05) is 6.92 Å². The summed E-state index contributed by atoms with van der Waals surface area (Å²) in [6.45, 7) is 6.47. The van der Waals surface area contributed by atoms with E-state index in [2.05, 4.69) is 45.8 Å². The van der Waals surface area contributed by atoms with E-state index >= 15 is 0 Å². The highest BCUT2D eigenvalue weighted by Gasteiger charge is 2.25. The number of aromatic amines is 1. The Morgan fingerprint density at radius 1 is 1.41 bits per heavy atom. The number of aromatic nitrogens is 4. The molecule has 0 radical (unpaired) electrons. The van der Waals surface area contributed by atoms with Gasteiger partial charge >= 0.3 is 0 Å². The summed E-state index contributed by atoms with van der Waals surface area (Å²) in [6, 6.07) is 0. The maximum atomic E-state index is 5.71. The van der Waals surface area contributed by atoms with Gasteiger partial charge in [-0.3, -0.25) is 5.10 Å². The van der Waals surface area contributed by atoms with E-state index in [4.69, 9.17) is 5.73 Å². The van der Waals surface area contributed by atoms with Crippen molar-refractivity contribution < 1.29 is 0 Å². The third-order valence-electron chi connectivity index (χ3n) is 3.40. The summed E-state index contributed by atoms with van der Waals surface area (Å²) in [5.74, 6) is 1.07. The fraction of sp³-hybridized carbons (Fsp3) is 0.545. The Morgan fingerprint density at radius 2 is 2.12 bits per heavy atom. The van der Waals surface area contributed by atoms with Gasteiger partial charge in [0.25, 0.3) is 0 Å². The molecule has 0 bridgehead atoms. The molecule has 0 saturated carbocycles. The van der Waals surface area contributed by atoms with Crippen molar-refractivity contribution in [3.05, 3.63) is 6.20 Å². The van der Waals surface area contributed by atoms with Crippen LogP contribution in [0, 0.1) is 0 Å². The number of rotatable bonds is 3. The largest absolute Gasteiger partial charge is 0.368 e. The summed E-state index contributed by atoms with van der Waals surface area (Å²) in [4.78, 5) is 10.5. The lowest BCUT2D eigenvalue weighted by molar-refractivity contribution is 0.468. The molecule has 0 aliphatic heterocycles. The molecule has 0 aliphatic rings. The first-order valence-corrected chi connectivity index (χ1v) is 5.66. The van der Waals surface area contributed by atoms with E-state index in [9.17, 15) is 0 Å². The minimum atomic E-state index is 0.00495. The average Bonchev–Trinajstić information content (AvgIpc) is 2.74. The first-order chi connectivity index (χ1) is 7.95. The van der Waals surface area contributed by atoms with Crippen LogP contribution in [-0.2, 0) is 0 Å². The standard InChI is InChI=1S/C11H18N6/c1-5-11(2,3)17(4)9-7-6-13-16-8(7)14-10(12)15-9/h6H,5H2,1-4H3,(H3,12,13,14,15,16). The van der Waals surface area contributed by atoms with Gasteiger partial charge in [0.1, 0.15) is 5.82 Å². The second-order valence-corrected chi connectivity index (χ2v) is 4.76. The lowest BCUT2D eigenvalue weighted by Crippen LogP contribution is -2.41. The molecule has 2 aromatic rings. The number of hydrogen-bond acceptors (Lipinski definition) is 5. The lowest BCUT2D eigenvalue weighted by atomic mass is 10.00. The van der Waals surface area contributed by atoms with Crippen LogP contribution in [0.4, 0.5) is 11.8 Å². The molecule has 6 nitrogen and oxygen atoms in total. The Hall–Kier alpha value is -1.85. The van der Waals surface area contributed by atoms with Crippen LogP contribution in [0.1, 0.15) is 27.2 Å². The van der Waals surface area contributed by atoms with E-state index in [0.29, 0.717) is 5.65 Å². The molecule has 6 heteroatoms. The Kier molecular flexibility index (Phi) is 2.65. The van der Waals surface area contributed by atoms with Gasteiger partial charge in [0.15, 0.2) is 5.65 Å². The summed E-state index contributed by atoms with van der Waals surface area (Å²) in [5.41, 5.74) is 6.39. The van der Waals surface area contributed by atoms with Crippen LogP contribution >= 0.6 is 0 Å². The van der Waals surface area contributed by atoms with Crippen molar-refractivity contribution >= 4 is 22.8 Å². The molecule has 0 spiro atoms. The molecule has 0 saturated heterocycles. The van der Waals surface area contributed by atoms with E-state index in [1.807, 2.05) is 7.05 Å². The highest BCUT2D eigenvalue weighted by molar-refractivity contribution is 5.87. The van der Waals surface area contributed by atoms with Crippen molar-refractivity contribution in [2.45, 2.75) is 32.7 Å². The van der Waals surface area contributed by atoms with Gasteiger partial charge in [0.05, 0.1) is 11.6 Å². The molecular weight excluding hydrogens is 216 g/mol. The molecule has 0 unspecified atom stereocenters. The zero-order valence-electron chi connectivity index (χ0n) is 10.7. The SMILES string of the molecule is CCC(C)(C)N(C)c1nc(N)nc2[nH]ncc12. The summed E-state index contributed by atoms with van der Waals surface area (Å²) in [5, 5.41) is 7.69. The monoisotopic (exact) mass is 234 g/mol. The zero-order valence-corrected chi connectivity index (χ0v) is 10.7. The Balaban J connectivity index is 2.58. The quantitative estimate of drug-likeness (QED) is 0.842. The third-order valence-corrected chi connectivity index (χ3v) is 3.40. The average molecular weight is 234 g/mol. The number of fused-ring (bicyclic) bond motifs is 1. The van der Waals surface area contributed by atoms with Crippen molar-refractivity contribution in [1.82, 2.24) is 20.2 Å². The molecule has 2 rings (SSSR count). The van der Waals surface area contributed by atoms with E-state index in [0.717, 1.165) is 17.6 Å². The number of anilines is 2. The normalized spacial score (nSPS) is 12.0. The minimum Gasteiger partial charge on any atom is -0.368 e. The molecule has 0 amide bonds. The van der Waals surface area contributed by atoms with Crippen LogP contribution in [0.5, 0.6) is 0 Å². The van der Waals surface area contributed by atoms with Gasteiger partial charge in [-0.15, -0.1) is 0 Å². The lowest BCUT2D eigenvalue weighted by Gasteiger charge is -2.36. The van der Waals surface area contributed by atoms with E-state index in [1.54, 1.807) is 6.20 Å². The van der Waals surface area contributed by atoms with Crippen molar-refractivity contribution in [3.8, 4) is 0 Å². The molecule has 0 atom stereocenters. The predicted octanol–water partition coefficient (Wildman–Crippen LogP) is 1.56. The summed E-state index contributed by atoms with van der Waals surface area (Å²) >= 11 is 0. The van der Waals surface area contributed by atoms with Crippen molar-refractivity contribution in [1.29, 1.82) is 0 Å². The van der Waals surface area contributed by atoms with Crippen molar-refractivity contribution in [2.24, 2.45) is 0 Å². The maximum absolute atomic E-state index is 5.71. The fourth-order valence-electron chi connectivity index (χ4n) is 1.62. The third kappa shape index (κ3) is 1.90. The Labute approximate surface area is 100 Å². The predicted molar refractivity (Wildman–Crippen MR) is 68.9 cm³/mol. The smallest absolute Gasteiger partial charge is 0.224 e. The molecule has 0 fully saturated rings. The van der Waals surface area contributed by atoms with E-state index in [1.165, 1.54) is 0 Å². The van der Waals surface area contributed by atoms with E-state index in [-0.39, 0.29) is 11.5 Å². The number of nitrogen functional groups attached to an aromatic ring is 1. The summed E-state index contributed by atoms with van der Waals surface area (Å²) in [7, 11) is 2.01. The molecule has 2 heterocycles. The first kappa shape index (κ1) is 11.6. The van der Waals surface area contributed by atoms with Crippen LogP contribution < -0.4 is 10.6 Å². The minimum absolute atomic E-state index is 0.00495. The number of hydrogen-bond donors (Lipinski definition) is 2. The molecule has 3 N–H and O–H groups in total. The van der Waals surface area contributed by atoms with Crippen LogP contribution in [0.15, 0.2) is 6.20 Å². The van der Waals surface area contributed by atoms with Crippen LogP contribution in [0.2, 0.25) is 0 Å². The molecular formula is C11H18N6. The van der Waals surface area contributed by atoms with Crippen molar-refractivity contribution in [2.75, 3.05) is 17.7 Å². The van der Waals surface area contributed by atoms with Gasteiger partial charge in [0.2, 0.25) is 5.95 Å². The molecule has 2 aromatic heterocycles. The Morgan fingerprint density at radius 3 is 2.76 bits per heavy atom.